The quantitative estimate of drug-likeness (QED) is 0.723. The topological polar surface area (TPSA) is 83.1 Å². The van der Waals surface area contributed by atoms with Crippen LogP contribution in [0, 0.1) is 0 Å². The molecule has 1 amide bonds. The van der Waals surface area contributed by atoms with Crippen molar-refractivity contribution in [3.05, 3.63) is 40.1 Å². The van der Waals surface area contributed by atoms with Crippen LogP contribution in [0.15, 0.2) is 29.6 Å². The SMILES string of the molecule is COc1cc(OC)c(OC)cc1CNC(=O)COC(=O)c1cccs1. The number of rotatable bonds is 8. The molecule has 0 fully saturated rings. The molecule has 0 aliphatic heterocycles. The van der Waals surface area contributed by atoms with Gasteiger partial charge in [-0.05, 0) is 17.5 Å². The number of benzene rings is 1. The Hall–Kier alpha value is -2.74. The standard InChI is InChI=1S/C17H19NO6S/c1-21-12-8-14(23-3)13(22-2)7-11(12)9-18-16(19)10-24-17(20)15-5-4-6-25-15/h4-8H,9-10H2,1-3H3,(H,18,19). The van der Waals surface area contributed by atoms with E-state index in [2.05, 4.69) is 5.32 Å². The minimum absolute atomic E-state index is 0.193. The lowest BCUT2D eigenvalue weighted by molar-refractivity contribution is -0.124. The van der Waals surface area contributed by atoms with Gasteiger partial charge in [-0.1, -0.05) is 6.07 Å². The van der Waals surface area contributed by atoms with E-state index in [1.54, 1.807) is 29.6 Å². The number of thiophene rings is 1. The van der Waals surface area contributed by atoms with E-state index >= 15 is 0 Å². The fraction of sp³-hybridized carbons (Fsp3) is 0.294. The van der Waals surface area contributed by atoms with Gasteiger partial charge >= 0.3 is 5.97 Å². The van der Waals surface area contributed by atoms with Gasteiger partial charge in [0.15, 0.2) is 18.1 Å². The smallest absolute Gasteiger partial charge is 0.348 e. The molecule has 1 heterocycles. The Labute approximate surface area is 149 Å². The van der Waals surface area contributed by atoms with Gasteiger partial charge in [-0.25, -0.2) is 4.79 Å². The van der Waals surface area contributed by atoms with E-state index in [4.69, 9.17) is 18.9 Å². The first-order chi connectivity index (χ1) is 12.1. The summed E-state index contributed by atoms with van der Waals surface area (Å²) in [5.74, 6) is 0.667. The lowest BCUT2D eigenvalue weighted by atomic mass is 10.1. The van der Waals surface area contributed by atoms with Gasteiger partial charge < -0.3 is 24.3 Å². The van der Waals surface area contributed by atoms with Gasteiger partial charge in [0.25, 0.3) is 5.91 Å². The number of methoxy groups -OCH3 is 3. The van der Waals surface area contributed by atoms with E-state index in [1.807, 2.05) is 0 Å². The van der Waals surface area contributed by atoms with Crippen LogP contribution in [0.1, 0.15) is 15.2 Å². The normalized spacial score (nSPS) is 10.0. The summed E-state index contributed by atoms with van der Waals surface area (Å²) in [5, 5.41) is 4.44. The average Bonchev–Trinajstić information content (AvgIpc) is 3.18. The molecule has 0 saturated heterocycles. The van der Waals surface area contributed by atoms with E-state index in [9.17, 15) is 9.59 Å². The molecule has 2 rings (SSSR count). The molecule has 0 spiro atoms. The summed E-state index contributed by atoms with van der Waals surface area (Å²) in [5.41, 5.74) is 0.707. The Morgan fingerprint density at radius 3 is 2.32 bits per heavy atom. The molecule has 8 heteroatoms. The third-order valence-corrected chi connectivity index (χ3v) is 4.17. The van der Waals surface area contributed by atoms with Crippen molar-refractivity contribution in [1.82, 2.24) is 5.32 Å². The Morgan fingerprint density at radius 1 is 1.04 bits per heavy atom. The molecule has 0 aliphatic carbocycles. The second kappa shape index (κ2) is 8.93. The Morgan fingerprint density at radius 2 is 1.72 bits per heavy atom. The summed E-state index contributed by atoms with van der Waals surface area (Å²) >= 11 is 1.26. The van der Waals surface area contributed by atoms with Crippen LogP contribution in [0.5, 0.6) is 17.2 Å². The molecule has 0 bridgehead atoms. The summed E-state index contributed by atoms with van der Waals surface area (Å²) in [4.78, 5) is 24.0. The predicted molar refractivity (Wildman–Crippen MR) is 92.5 cm³/mol. The predicted octanol–water partition coefficient (Wildman–Crippen LogP) is 2.25. The summed E-state index contributed by atoms with van der Waals surface area (Å²) in [6, 6.07) is 6.77. The molecule has 25 heavy (non-hydrogen) atoms. The van der Waals surface area contributed by atoms with Crippen molar-refractivity contribution in [2.75, 3.05) is 27.9 Å². The Balaban J connectivity index is 1.93. The van der Waals surface area contributed by atoms with E-state index in [0.717, 1.165) is 0 Å². The minimum atomic E-state index is -0.520. The lowest BCUT2D eigenvalue weighted by Crippen LogP contribution is -2.28. The van der Waals surface area contributed by atoms with Crippen LogP contribution in [-0.2, 0) is 16.1 Å². The Bertz CT molecular complexity index is 729. The summed E-state index contributed by atoms with van der Waals surface area (Å²) < 4.78 is 20.7. The first-order valence-corrected chi connectivity index (χ1v) is 8.23. The highest BCUT2D eigenvalue weighted by Gasteiger charge is 2.14. The molecule has 7 nitrogen and oxygen atoms in total. The summed E-state index contributed by atoms with van der Waals surface area (Å²) in [6.45, 7) is -0.161. The molecule has 2 aromatic rings. The molecule has 1 aromatic heterocycles. The summed E-state index contributed by atoms with van der Waals surface area (Å²) in [7, 11) is 4.58. The highest BCUT2D eigenvalue weighted by Crippen LogP contribution is 2.34. The van der Waals surface area contributed by atoms with Crippen molar-refractivity contribution in [2.24, 2.45) is 0 Å². The van der Waals surface area contributed by atoms with Crippen LogP contribution in [0.4, 0.5) is 0 Å². The molecule has 0 saturated carbocycles. The van der Waals surface area contributed by atoms with E-state index in [-0.39, 0.29) is 13.2 Å². The van der Waals surface area contributed by atoms with Crippen molar-refractivity contribution in [1.29, 1.82) is 0 Å². The van der Waals surface area contributed by atoms with Gasteiger partial charge in [-0.2, -0.15) is 0 Å². The number of amides is 1. The van der Waals surface area contributed by atoms with Crippen LogP contribution in [0.25, 0.3) is 0 Å². The zero-order valence-corrected chi connectivity index (χ0v) is 15.0. The second-order valence-corrected chi connectivity index (χ2v) is 5.80. The van der Waals surface area contributed by atoms with Crippen molar-refractivity contribution < 1.29 is 28.5 Å². The van der Waals surface area contributed by atoms with Gasteiger partial charge in [-0.15, -0.1) is 11.3 Å². The molecular formula is C17H19NO6S. The first kappa shape index (κ1) is 18.6. The number of ether oxygens (including phenoxy) is 4. The van der Waals surface area contributed by atoms with E-state index < -0.39 is 11.9 Å². The number of hydrogen-bond acceptors (Lipinski definition) is 7. The third-order valence-electron chi connectivity index (χ3n) is 3.32. The molecule has 0 unspecified atom stereocenters. The maximum atomic E-state index is 11.9. The molecular weight excluding hydrogens is 346 g/mol. The molecule has 1 N–H and O–H groups in total. The lowest BCUT2D eigenvalue weighted by Gasteiger charge is -2.14. The number of hydrogen-bond donors (Lipinski definition) is 1. The fourth-order valence-corrected chi connectivity index (χ4v) is 2.69. The minimum Gasteiger partial charge on any atom is -0.496 e. The molecule has 1 aromatic carbocycles. The number of esters is 1. The van der Waals surface area contributed by atoms with Gasteiger partial charge in [0.2, 0.25) is 0 Å². The highest BCUT2D eigenvalue weighted by molar-refractivity contribution is 7.11. The van der Waals surface area contributed by atoms with Crippen molar-refractivity contribution in [3.63, 3.8) is 0 Å². The maximum absolute atomic E-state index is 11.9. The monoisotopic (exact) mass is 365 g/mol. The molecule has 0 radical (unpaired) electrons. The number of carbonyl (C=O) groups excluding carboxylic acids is 2. The largest absolute Gasteiger partial charge is 0.496 e. The molecule has 0 atom stereocenters. The van der Waals surface area contributed by atoms with E-state index in [1.165, 1.54) is 32.7 Å². The average molecular weight is 365 g/mol. The third kappa shape index (κ3) is 4.87. The molecule has 0 aliphatic rings. The Kier molecular flexibility index (Phi) is 6.64. The highest BCUT2D eigenvalue weighted by atomic mass is 32.1. The number of carbonyl (C=O) groups is 2. The van der Waals surface area contributed by atoms with Crippen molar-refractivity contribution in [3.8, 4) is 17.2 Å². The van der Waals surface area contributed by atoms with Gasteiger partial charge in [0, 0.05) is 18.2 Å². The zero-order valence-electron chi connectivity index (χ0n) is 14.2. The van der Waals surface area contributed by atoms with Crippen LogP contribution in [0.3, 0.4) is 0 Å². The van der Waals surface area contributed by atoms with Crippen LogP contribution in [0.2, 0.25) is 0 Å². The van der Waals surface area contributed by atoms with Crippen LogP contribution >= 0.6 is 11.3 Å². The van der Waals surface area contributed by atoms with Crippen LogP contribution < -0.4 is 19.5 Å². The zero-order chi connectivity index (χ0) is 18.2. The number of nitrogens with one attached hydrogen (secondary N) is 1. The van der Waals surface area contributed by atoms with Gasteiger partial charge in [-0.3, -0.25) is 4.79 Å². The van der Waals surface area contributed by atoms with Crippen LogP contribution in [-0.4, -0.2) is 39.8 Å². The van der Waals surface area contributed by atoms with E-state index in [0.29, 0.717) is 27.7 Å². The summed E-state index contributed by atoms with van der Waals surface area (Å²) in [6.07, 6.45) is 0. The maximum Gasteiger partial charge on any atom is 0.348 e. The van der Waals surface area contributed by atoms with Gasteiger partial charge in [0.05, 0.1) is 21.3 Å². The van der Waals surface area contributed by atoms with Crippen molar-refractivity contribution >= 4 is 23.2 Å². The van der Waals surface area contributed by atoms with Crippen molar-refractivity contribution in [2.45, 2.75) is 6.54 Å². The fourth-order valence-electron chi connectivity index (χ4n) is 2.07. The second-order valence-electron chi connectivity index (χ2n) is 4.85. The first-order valence-electron chi connectivity index (χ1n) is 7.35. The van der Waals surface area contributed by atoms with Gasteiger partial charge in [0.1, 0.15) is 10.6 Å². The molecule has 134 valence electrons.